The van der Waals surface area contributed by atoms with Gasteiger partial charge in [-0.3, -0.25) is 4.99 Å². The van der Waals surface area contributed by atoms with Gasteiger partial charge in [-0.2, -0.15) is 0 Å². The molecule has 0 bridgehead atoms. The van der Waals surface area contributed by atoms with E-state index in [9.17, 15) is 4.79 Å². The van der Waals surface area contributed by atoms with Crippen LogP contribution in [-0.2, 0) is 9.47 Å². The molecule has 1 saturated heterocycles. The molecular formula is C16H33IN4O3. The number of nitrogens with one attached hydrogen (secondary N) is 1. The highest BCUT2D eigenvalue weighted by Crippen LogP contribution is 2.20. The summed E-state index contributed by atoms with van der Waals surface area (Å²) in [4.78, 5) is 18.5. The van der Waals surface area contributed by atoms with Crippen molar-refractivity contribution in [2.75, 3.05) is 26.8 Å². The summed E-state index contributed by atoms with van der Waals surface area (Å²) in [5, 5.41) is 3.07. The maximum atomic E-state index is 12.3. The van der Waals surface area contributed by atoms with Crippen molar-refractivity contribution in [2.45, 2.75) is 64.6 Å². The zero-order valence-corrected chi connectivity index (χ0v) is 17.8. The minimum absolute atomic E-state index is 0. The first-order chi connectivity index (χ1) is 10.7. The van der Waals surface area contributed by atoms with Gasteiger partial charge in [0.05, 0.1) is 19.2 Å². The molecular weight excluding hydrogens is 423 g/mol. The summed E-state index contributed by atoms with van der Waals surface area (Å²) in [7, 11) is 1.65. The van der Waals surface area contributed by atoms with Crippen molar-refractivity contribution in [2.24, 2.45) is 10.7 Å². The molecule has 0 spiro atoms. The molecule has 3 N–H and O–H groups in total. The maximum Gasteiger partial charge on any atom is 0.410 e. The van der Waals surface area contributed by atoms with Crippen LogP contribution in [0.4, 0.5) is 4.79 Å². The number of methoxy groups -OCH3 is 1. The first-order valence-electron chi connectivity index (χ1n) is 8.28. The molecule has 142 valence electrons. The minimum atomic E-state index is -0.488. The number of nitrogens with two attached hydrogens (primary N) is 1. The number of piperidine rings is 1. The number of halogens is 1. The summed E-state index contributed by atoms with van der Waals surface area (Å²) in [6.07, 6.45) is 2.74. The average molecular weight is 456 g/mol. The van der Waals surface area contributed by atoms with Crippen LogP contribution in [0.5, 0.6) is 0 Å². The summed E-state index contributed by atoms with van der Waals surface area (Å²) >= 11 is 0. The quantitative estimate of drug-likeness (QED) is 0.377. The van der Waals surface area contributed by atoms with E-state index in [1.54, 1.807) is 12.0 Å². The normalized spacial score (nSPS) is 20.1. The zero-order valence-electron chi connectivity index (χ0n) is 15.5. The van der Waals surface area contributed by atoms with Crippen LogP contribution in [0.3, 0.4) is 0 Å². The maximum absolute atomic E-state index is 12.3. The van der Waals surface area contributed by atoms with Crippen molar-refractivity contribution in [3.05, 3.63) is 0 Å². The molecule has 24 heavy (non-hydrogen) atoms. The van der Waals surface area contributed by atoms with Crippen molar-refractivity contribution in [3.8, 4) is 0 Å². The monoisotopic (exact) mass is 456 g/mol. The van der Waals surface area contributed by atoms with Crippen molar-refractivity contribution >= 4 is 36.0 Å². The molecule has 1 amide bonds. The minimum Gasteiger partial charge on any atom is -0.444 e. The van der Waals surface area contributed by atoms with Gasteiger partial charge in [0.2, 0.25) is 0 Å². The van der Waals surface area contributed by atoms with Gasteiger partial charge in [0.1, 0.15) is 5.60 Å². The lowest BCUT2D eigenvalue weighted by Crippen LogP contribution is -2.48. The Balaban J connectivity index is 0.00000529. The predicted molar refractivity (Wildman–Crippen MR) is 107 cm³/mol. The fraction of sp³-hybridized carbons (Fsp3) is 0.875. The summed E-state index contributed by atoms with van der Waals surface area (Å²) < 4.78 is 10.5. The third-order valence-electron chi connectivity index (χ3n) is 3.54. The summed E-state index contributed by atoms with van der Waals surface area (Å²) in [6.45, 7) is 9.35. The molecule has 8 heteroatoms. The van der Waals surface area contributed by atoms with E-state index in [2.05, 4.69) is 10.3 Å². The Kier molecular flexibility index (Phi) is 10.6. The van der Waals surface area contributed by atoms with Crippen LogP contribution >= 0.6 is 24.0 Å². The molecule has 1 fully saturated rings. The van der Waals surface area contributed by atoms with Gasteiger partial charge in [-0.15, -0.1) is 24.0 Å². The average Bonchev–Trinajstić information content (AvgIpc) is 2.43. The van der Waals surface area contributed by atoms with E-state index in [0.29, 0.717) is 25.7 Å². The molecule has 0 radical (unpaired) electrons. The second-order valence-corrected chi connectivity index (χ2v) is 7.05. The number of guanidine groups is 1. The lowest BCUT2D eigenvalue weighted by Gasteiger charge is -2.36. The molecule has 0 saturated carbocycles. The number of aliphatic imine (C=N–C) groups is 1. The van der Waals surface area contributed by atoms with Crippen LogP contribution in [0.1, 0.15) is 47.0 Å². The van der Waals surface area contributed by atoms with E-state index in [1.807, 2.05) is 27.7 Å². The standard InChI is InChI=1S/C16H32N4O3.HI/c1-12(11-22-5)19-14(17)18-10-13-8-6-7-9-20(13)15(21)23-16(2,3)4;/h12-13H,6-11H2,1-5H3,(H3,17,18,19);1H. The lowest BCUT2D eigenvalue weighted by molar-refractivity contribution is 0.0110. The van der Waals surface area contributed by atoms with Gasteiger partial charge in [-0.25, -0.2) is 4.79 Å². The molecule has 1 aliphatic heterocycles. The smallest absolute Gasteiger partial charge is 0.410 e. The van der Waals surface area contributed by atoms with Gasteiger partial charge in [-0.05, 0) is 47.0 Å². The number of hydrogen-bond acceptors (Lipinski definition) is 4. The van der Waals surface area contributed by atoms with Gasteiger partial charge < -0.3 is 25.4 Å². The Morgan fingerprint density at radius 3 is 2.67 bits per heavy atom. The van der Waals surface area contributed by atoms with Crippen molar-refractivity contribution in [3.63, 3.8) is 0 Å². The molecule has 7 nitrogen and oxygen atoms in total. The zero-order chi connectivity index (χ0) is 17.5. The number of rotatable bonds is 5. The fourth-order valence-corrected chi connectivity index (χ4v) is 2.54. The highest BCUT2D eigenvalue weighted by Gasteiger charge is 2.30. The van der Waals surface area contributed by atoms with Crippen LogP contribution in [0.2, 0.25) is 0 Å². The van der Waals surface area contributed by atoms with Crippen LogP contribution in [0.15, 0.2) is 4.99 Å². The topological polar surface area (TPSA) is 89.2 Å². The van der Waals surface area contributed by atoms with Gasteiger partial charge in [-0.1, -0.05) is 0 Å². The predicted octanol–water partition coefficient (Wildman–Crippen LogP) is 2.33. The van der Waals surface area contributed by atoms with Gasteiger partial charge in [0.25, 0.3) is 0 Å². The fourth-order valence-electron chi connectivity index (χ4n) is 2.54. The Hall–Kier alpha value is -0.770. The molecule has 2 atom stereocenters. The highest BCUT2D eigenvalue weighted by molar-refractivity contribution is 14.0. The number of nitrogens with zero attached hydrogens (tertiary/aromatic N) is 2. The third kappa shape index (κ3) is 8.91. The first-order valence-corrected chi connectivity index (χ1v) is 8.28. The van der Waals surface area contributed by atoms with Crippen LogP contribution in [0.25, 0.3) is 0 Å². The van der Waals surface area contributed by atoms with E-state index < -0.39 is 5.60 Å². The number of amides is 1. The van der Waals surface area contributed by atoms with Crippen LogP contribution < -0.4 is 11.1 Å². The summed E-state index contributed by atoms with van der Waals surface area (Å²) in [5.74, 6) is 0.379. The third-order valence-corrected chi connectivity index (χ3v) is 3.54. The number of carbonyl (C=O) groups excluding carboxylic acids is 1. The highest BCUT2D eigenvalue weighted by atomic mass is 127. The molecule has 1 rings (SSSR count). The number of ether oxygens (including phenoxy) is 2. The number of likely N-dealkylation sites (tertiary alicyclic amines) is 1. The Labute approximate surface area is 162 Å². The van der Waals surface area contributed by atoms with Gasteiger partial charge >= 0.3 is 6.09 Å². The molecule has 0 aromatic heterocycles. The van der Waals surface area contributed by atoms with E-state index in [-0.39, 0.29) is 42.2 Å². The number of hydrogen-bond donors (Lipinski definition) is 2. The molecule has 2 unspecified atom stereocenters. The van der Waals surface area contributed by atoms with E-state index in [0.717, 1.165) is 19.3 Å². The summed E-state index contributed by atoms with van der Waals surface area (Å²) in [5.41, 5.74) is 5.41. The lowest BCUT2D eigenvalue weighted by atomic mass is 10.0. The van der Waals surface area contributed by atoms with Gasteiger partial charge in [0, 0.05) is 19.7 Å². The molecule has 1 heterocycles. The molecule has 1 aliphatic rings. The number of carbonyl (C=O) groups is 1. The Morgan fingerprint density at radius 1 is 1.42 bits per heavy atom. The van der Waals surface area contributed by atoms with E-state index in [1.165, 1.54) is 0 Å². The molecule has 0 aliphatic carbocycles. The second-order valence-electron chi connectivity index (χ2n) is 7.05. The van der Waals surface area contributed by atoms with Crippen molar-refractivity contribution in [1.29, 1.82) is 0 Å². The van der Waals surface area contributed by atoms with Crippen LogP contribution in [0, 0.1) is 0 Å². The van der Waals surface area contributed by atoms with Crippen molar-refractivity contribution < 1.29 is 14.3 Å². The molecule has 0 aromatic carbocycles. The Bertz CT molecular complexity index is 413. The van der Waals surface area contributed by atoms with E-state index >= 15 is 0 Å². The van der Waals surface area contributed by atoms with Crippen LogP contribution in [-0.4, -0.2) is 61.4 Å². The second kappa shape index (κ2) is 11.0. The first kappa shape index (κ1) is 23.2. The van der Waals surface area contributed by atoms with E-state index in [4.69, 9.17) is 15.2 Å². The SMILES string of the molecule is COCC(C)NC(N)=NCC1CCCCN1C(=O)OC(C)(C)C.I. The van der Waals surface area contributed by atoms with Gasteiger partial charge in [0.15, 0.2) is 5.96 Å². The summed E-state index contributed by atoms with van der Waals surface area (Å²) in [6, 6.07) is 0.133. The van der Waals surface area contributed by atoms with Crippen molar-refractivity contribution in [1.82, 2.24) is 10.2 Å². The molecule has 0 aromatic rings. The Morgan fingerprint density at radius 2 is 2.08 bits per heavy atom. The largest absolute Gasteiger partial charge is 0.444 e.